The van der Waals surface area contributed by atoms with Crippen LogP contribution in [0.25, 0.3) is 0 Å². The number of fused-ring (bicyclic) bond motifs is 1. The Morgan fingerprint density at radius 2 is 2.03 bits per heavy atom. The fourth-order valence-electron chi connectivity index (χ4n) is 4.18. The lowest BCUT2D eigenvalue weighted by atomic mass is 10.0. The minimum absolute atomic E-state index is 0.0461. The van der Waals surface area contributed by atoms with E-state index < -0.39 is 23.6 Å². The molecule has 2 aromatic rings. The molecule has 0 radical (unpaired) electrons. The summed E-state index contributed by atoms with van der Waals surface area (Å²) in [6, 6.07) is 9.13. The summed E-state index contributed by atoms with van der Waals surface area (Å²) in [6.45, 7) is 2.21. The zero-order chi connectivity index (χ0) is 23.8. The highest BCUT2D eigenvalue weighted by atomic mass is 35.5. The van der Waals surface area contributed by atoms with E-state index in [0.29, 0.717) is 17.8 Å². The zero-order valence-corrected chi connectivity index (χ0v) is 18.7. The quantitative estimate of drug-likeness (QED) is 0.662. The lowest BCUT2D eigenvalue weighted by molar-refractivity contribution is -0.175. The largest absolute Gasteiger partial charge is 0.410 e. The lowest BCUT2D eigenvalue weighted by Crippen LogP contribution is -2.46. The summed E-state index contributed by atoms with van der Waals surface area (Å²) >= 11 is 5.79. The number of aliphatic hydroxyl groups is 1. The molecule has 0 saturated carbocycles. The number of amides is 3. The van der Waals surface area contributed by atoms with Crippen LogP contribution in [0.4, 0.5) is 20.6 Å². The molecule has 1 saturated heterocycles. The van der Waals surface area contributed by atoms with Gasteiger partial charge in [-0.25, -0.2) is 9.18 Å². The molecule has 0 spiro atoms. The number of nitrogens with one attached hydrogen (secondary N) is 1. The van der Waals surface area contributed by atoms with Gasteiger partial charge >= 0.3 is 6.09 Å². The van der Waals surface area contributed by atoms with Crippen molar-refractivity contribution in [3.8, 4) is 0 Å². The highest BCUT2D eigenvalue weighted by molar-refractivity contribution is 6.30. The number of anilines is 2. The molecule has 0 aliphatic carbocycles. The van der Waals surface area contributed by atoms with E-state index in [4.69, 9.17) is 16.3 Å². The number of carbonyl (C=O) groups is 3. The third-order valence-electron chi connectivity index (χ3n) is 5.75. The fourth-order valence-corrected chi connectivity index (χ4v) is 4.42. The monoisotopic (exact) mass is 475 g/mol. The average molecular weight is 476 g/mol. The number of hydrogen-bond acceptors (Lipinski definition) is 5. The van der Waals surface area contributed by atoms with Crippen LogP contribution in [0.15, 0.2) is 36.4 Å². The first-order chi connectivity index (χ1) is 15.7. The first kappa shape index (κ1) is 23.0. The maximum absolute atomic E-state index is 13.4. The van der Waals surface area contributed by atoms with E-state index >= 15 is 0 Å². The van der Waals surface area contributed by atoms with Gasteiger partial charge in [0.15, 0.2) is 0 Å². The number of hydrogen-bond donors (Lipinski definition) is 2. The zero-order valence-electron chi connectivity index (χ0n) is 17.9. The Balaban J connectivity index is 1.42. The van der Waals surface area contributed by atoms with Crippen LogP contribution in [0, 0.1) is 5.82 Å². The van der Waals surface area contributed by atoms with Crippen LogP contribution in [-0.2, 0) is 27.3 Å². The van der Waals surface area contributed by atoms with Crippen molar-refractivity contribution in [1.82, 2.24) is 5.32 Å². The van der Waals surface area contributed by atoms with E-state index in [0.717, 1.165) is 30.2 Å². The standard InChI is InChI=1S/C23H23ClFN3O5/c1-14(29)27-7-2-3-16-11-19(4-5-20(16)27)28-8-6-23(32,21(28)30)33-22(31)26-13-15-9-17(24)12-18(25)10-15/h4-5,9-12,32H,2-3,6-8,13H2,1H3,(H,26,31)/t23-/m0/s1. The van der Waals surface area contributed by atoms with Gasteiger partial charge in [0.2, 0.25) is 5.91 Å². The highest BCUT2D eigenvalue weighted by Gasteiger charge is 2.49. The minimum atomic E-state index is -2.31. The first-order valence-corrected chi connectivity index (χ1v) is 10.9. The molecule has 0 unspecified atom stereocenters. The number of alkyl carbamates (subject to hydrolysis) is 1. The van der Waals surface area contributed by atoms with Gasteiger partial charge in [-0.05, 0) is 60.4 Å². The number of benzene rings is 2. The molecule has 10 heteroatoms. The van der Waals surface area contributed by atoms with E-state index in [1.165, 1.54) is 24.0 Å². The number of halogens is 2. The van der Waals surface area contributed by atoms with Gasteiger partial charge in [0, 0.05) is 49.4 Å². The molecule has 0 aromatic heterocycles. The number of carbonyl (C=O) groups excluding carboxylic acids is 3. The topological polar surface area (TPSA) is 99.2 Å². The van der Waals surface area contributed by atoms with Crippen LogP contribution >= 0.6 is 11.6 Å². The molecule has 0 bridgehead atoms. The van der Waals surface area contributed by atoms with E-state index in [2.05, 4.69) is 5.32 Å². The van der Waals surface area contributed by atoms with Crippen LogP contribution in [0.2, 0.25) is 5.02 Å². The van der Waals surface area contributed by atoms with Crippen molar-refractivity contribution in [2.24, 2.45) is 0 Å². The predicted octanol–water partition coefficient (Wildman–Crippen LogP) is 3.13. The molecule has 2 heterocycles. The van der Waals surface area contributed by atoms with Crippen molar-refractivity contribution in [2.45, 2.75) is 38.5 Å². The molecule has 2 N–H and O–H groups in total. The maximum atomic E-state index is 13.4. The number of aryl methyl sites for hydroxylation is 1. The second-order valence-electron chi connectivity index (χ2n) is 8.10. The Morgan fingerprint density at radius 3 is 2.76 bits per heavy atom. The molecule has 2 aliphatic rings. The lowest BCUT2D eigenvalue weighted by Gasteiger charge is -2.30. The van der Waals surface area contributed by atoms with Gasteiger partial charge in [-0.15, -0.1) is 0 Å². The van der Waals surface area contributed by atoms with E-state index in [-0.39, 0.29) is 30.4 Å². The van der Waals surface area contributed by atoms with Crippen molar-refractivity contribution in [3.63, 3.8) is 0 Å². The summed E-state index contributed by atoms with van der Waals surface area (Å²) < 4.78 is 18.5. The first-order valence-electron chi connectivity index (χ1n) is 10.5. The Kier molecular flexibility index (Phi) is 6.27. The molecule has 2 aromatic carbocycles. The Labute approximate surface area is 194 Å². The highest BCUT2D eigenvalue weighted by Crippen LogP contribution is 2.35. The maximum Gasteiger partial charge on any atom is 0.410 e. The summed E-state index contributed by atoms with van der Waals surface area (Å²) in [5.74, 6) is -3.67. The summed E-state index contributed by atoms with van der Waals surface area (Å²) in [6.07, 6.45) is 0.452. The van der Waals surface area contributed by atoms with Crippen molar-refractivity contribution in [2.75, 3.05) is 22.9 Å². The second kappa shape index (κ2) is 8.99. The smallest absolute Gasteiger partial charge is 0.407 e. The summed E-state index contributed by atoms with van der Waals surface area (Å²) in [5, 5.41) is 13.3. The fraction of sp³-hybridized carbons (Fsp3) is 0.348. The number of nitrogens with zero attached hydrogens (tertiary/aromatic N) is 2. The van der Waals surface area contributed by atoms with Gasteiger partial charge in [-0.1, -0.05) is 11.6 Å². The van der Waals surface area contributed by atoms with Crippen molar-refractivity contribution in [3.05, 3.63) is 58.4 Å². The second-order valence-corrected chi connectivity index (χ2v) is 8.54. The molecule has 174 valence electrons. The number of rotatable bonds is 4. The van der Waals surface area contributed by atoms with Gasteiger partial charge < -0.3 is 25.0 Å². The minimum Gasteiger partial charge on any atom is -0.407 e. The summed E-state index contributed by atoms with van der Waals surface area (Å²) in [5.41, 5.74) is 2.70. The molecule has 8 nitrogen and oxygen atoms in total. The van der Waals surface area contributed by atoms with E-state index in [1.807, 2.05) is 6.07 Å². The predicted molar refractivity (Wildman–Crippen MR) is 119 cm³/mol. The molecule has 4 rings (SSSR count). The van der Waals surface area contributed by atoms with Crippen molar-refractivity contribution < 1.29 is 28.6 Å². The Bertz CT molecular complexity index is 1110. The summed E-state index contributed by atoms with van der Waals surface area (Å²) in [7, 11) is 0. The van der Waals surface area contributed by atoms with Crippen molar-refractivity contribution in [1.29, 1.82) is 0 Å². The van der Waals surface area contributed by atoms with E-state index in [9.17, 15) is 23.9 Å². The third kappa shape index (κ3) is 4.79. The molecule has 1 atom stereocenters. The SMILES string of the molecule is CC(=O)N1CCCc2cc(N3CC[C@](O)(OC(=O)NCc4cc(F)cc(Cl)c4)C3=O)ccc21. The molecule has 2 aliphatic heterocycles. The van der Waals surface area contributed by atoms with Crippen LogP contribution in [0.5, 0.6) is 0 Å². The van der Waals surface area contributed by atoms with Gasteiger partial charge in [-0.2, -0.15) is 0 Å². The molecular formula is C23H23ClFN3O5. The average Bonchev–Trinajstić information content (AvgIpc) is 3.04. The van der Waals surface area contributed by atoms with Crippen LogP contribution in [-0.4, -0.2) is 41.9 Å². The van der Waals surface area contributed by atoms with E-state index in [1.54, 1.807) is 17.0 Å². The van der Waals surface area contributed by atoms with Crippen molar-refractivity contribution >= 4 is 40.9 Å². The molecule has 3 amide bonds. The normalized spacial score (nSPS) is 19.9. The molecule has 1 fully saturated rings. The summed E-state index contributed by atoms with van der Waals surface area (Å²) in [4.78, 5) is 40.0. The van der Waals surface area contributed by atoms with Gasteiger partial charge in [0.25, 0.3) is 11.7 Å². The van der Waals surface area contributed by atoms with Crippen LogP contribution < -0.4 is 15.1 Å². The van der Waals surface area contributed by atoms with Gasteiger partial charge in [0.1, 0.15) is 5.82 Å². The molecular weight excluding hydrogens is 453 g/mol. The van der Waals surface area contributed by atoms with Crippen LogP contribution in [0.3, 0.4) is 0 Å². The Hall–Kier alpha value is -3.17. The molecule has 33 heavy (non-hydrogen) atoms. The Morgan fingerprint density at radius 1 is 1.24 bits per heavy atom. The van der Waals surface area contributed by atoms with Gasteiger partial charge in [-0.3, -0.25) is 9.59 Å². The van der Waals surface area contributed by atoms with Gasteiger partial charge in [0.05, 0.1) is 0 Å². The van der Waals surface area contributed by atoms with Crippen LogP contribution in [0.1, 0.15) is 30.9 Å². The third-order valence-corrected chi connectivity index (χ3v) is 5.97. The number of ether oxygens (including phenoxy) is 1.